The molecule has 0 unspecified atom stereocenters. The van der Waals surface area contributed by atoms with Crippen molar-refractivity contribution in [3.05, 3.63) is 77.6 Å². The molecule has 0 bridgehead atoms. The lowest BCUT2D eigenvalue weighted by molar-refractivity contribution is -0.139. The minimum Gasteiger partial charge on any atom is -0.489 e. The van der Waals surface area contributed by atoms with Crippen LogP contribution >= 0.6 is 0 Å². The number of aromatic nitrogens is 1. The number of rotatable bonds is 9. The van der Waals surface area contributed by atoms with Crippen molar-refractivity contribution >= 4 is 17.8 Å². The van der Waals surface area contributed by atoms with Crippen LogP contribution in [0.15, 0.2) is 65.2 Å². The SMILES string of the molecule is Cc1onc(-c2ccccc2)c1COc1ccc(C=CC(=O)C[C@H](N)C(=O)O)cc1. The van der Waals surface area contributed by atoms with Crippen molar-refractivity contribution in [3.8, 4) is 17.0 Å². The van der Waals surface area contributed by atoms with Crippen molar-refractivity contribution in [1.82, 2.24) is 5.16 Å². The van der Waals surface area contributed by atoms with Gasteiger partial charge in [0.15, 0.2) is 5.78 Å². The number of nitrogens with zero attached hydrogens (tertiary/aromatic N) is 1. The summed E-state index contributed by atoms with van der Waals surface area (Å²) >= 11 is 0. The maximum Gasteiger partial charge on any atom is 0.320 e. The number of carboxylic acids is 1. The molecule has 0 aliphatic heterocycles. The lowest BCUT2D eigenvalue weighted by Crippen LogP contribution is -2.32. The highest BCUT2D eigenvalue weighted by Crippen LogP contribution is 2.26. The van der Waals surface area contributed by atoms with Crippen molar-refractivity contribution in [3.63, 3.8) is 0 Å². The fourth-order valence-corrected chi connectivity index (χ4v) is 2.78. The average Bonchev–Trinajstić information content (AvgIpc) is 3.12. The van der Waals surface area contributed by atoms with E-state index in [0.29, 0.717) is 18.1 Å². The van der Waals surface area contributed by atoms with Gasteiger partial charge in [-0.1, -0.05) is 53.7 Å². The number of carbonyl (C=O) groups excluding carboxylic acids is 1. The second-order valence-electron chi connectivity index (χ2n) is 6.74. The molecule has 0 spiro atoms. The highest BCUT2D eigenvalue weighted by Gasteiger charge is 2.15. The van der Waals surface area contributed by atoms with Gasteiger partial charge in [0.05, 0.1) is 5.56 Å². The number of allylic oxidation sites excluding steroid dienone is 1. The van der Waals surface area contributed by atoms with E-state index in [2.05, 4.69) is 5.16 Å². The van der Waals surface area contributed by atoms with E-state index in [4.69, 9.17) is 20.1 Å². The largest absolute Gasteiger partial charge is 0.489 e. The first-order valence-electron chi connectivity index (χ1n) is 9.37. The van der Waals surface area contributed by atoms with Crippen LogP contribution in [0.25, 0.3) is 17.3 Å². The van der Waals surface area contributed by atoms with Gasteiger partial charge < -0.3 is 20.1 Å². The second kappa shape index (κ2) is 9.67. The van der Waals surface area contributed by atoms with E-state index in [-0.39, 0.29) is 12.2 Å². The van der Waals surface area contributed by atoms with Crippen LogP contribution in [0.1, 0.15) is 23.3 Å². The van der Waals surface area contributed by atoms with Gasteiger partial charge in [-0.2, -0.15) is 0 Å². The highest BCUT2D eigenvalue weighted by molar-refractivity contribution is 5.96. The Morgan fingerprint density at radius 2 is 1.87 bits per heavy atom. The summed E-state index contributed by atoms with van der Waals surface area (Å²) in [4.78, 5) is 22.4. The van der Waals surface area contributed by atoms with Crippen LogP contribution in [0.4, 0.5) is 0 Å². The minimum absolute atomic E-state index is 0.241. The zero-order valence-corrected chi connectivity index (χ0v) is 16.4. The predicted octanol–water partition coefficient (Wildman–Crippen LogP) is 3.61. The Bertz CT molecular complexity index is 1040. The molecule has 7 nitrogen and oxygen atoms in total. The number of nitrogens with two attached hydrogens (primary N) is 1. The molecule has 3 aromatic rings. The molecule has 0 fully saturated rings. The summed E-state index contributed by atoms with van der Waals surface area (Å²) in [5.74, 6) is -0.184. The van der Waals surface area contributed by atoms with E-state index in [9.17, 15) is 9.59 Å². The van der Waals surface area contributed by atoms with Gasteiger partial charge in [0, 0.05) is 12.0 Å². The zero-order valence-electron chi connectivity index (χ0n) is 16.4. The number of ketones is 1. The van der Waals surface area contributed by atoms with Gasteiger partial charge >= 0.3 is 5.97 Å². The molecular weight excluding hydrogens is 384 g/mol. The van der Waals surface area contributed by atoms with E-state index in [1.807, 2.05) is 37.3 Å². The highest BCUT2D eigenvalue weighted by atomic mass is 16.5. The molecule has 0 radical (unpaired) electrons. The van der Waals surface area contributed by atoms with Crippen molar-refractivity contribution in [2.75, 3.05) is 0 Å². The van der Waals surface area contributed by atoms with Crippen molar-refractivity contribution in [2.24, 2.45) is 5.73 Å². The topological polar surface area (TPSA) is 116 Å². The fraction of sp³-hybridized carbons (Fsp3) is 0.174. The Kier molecular flexibility index (Phi) is 6.77. The number of carboxylic acid groups (broad SMARTS) is 1. The summed E-state index contributed by atoms with van der Waals surface area (Å²) in [6.07, 6.45) is 2.69. The Hall–Kier alpha value is -3.71. The van der Waals surface area contributed by atoms with Gasteiger partial charge in [-0.05, 0) is 30.7 Å². The molecule has 30 heavy (non-hydrogen) atoms. The van der Waals surface area contributed by atoms with E-state index >= 15 is 0 Å². The molecule has 3 N–H and O–H groups in total. The lowest BCUT2D eigenvalue weighted by Gasteiger charge is -2.07. The molecule has 3 rings (SSSR count). The number of benzene rings is 2. The smallest absolute Gasteiger partial charge is 0.320 e. The van der Waals surface area contributed by atoms with Crippen molar-refractivity contribution in [2.45, 2.75) is 26.0 Å². The summed E-state index contributed by atoms with van der Waals surface area (Å²) in [5, 5.41) is 12.9. The Morgan fingerprint density at radius 1 is 1.17 bits per heavy atom. The van der Waals surface area contributed by atoms with Gasteiger partial charge in [0.1, 0.15) is 29.9 Å². The monoisotopic (exact) mass is 406 g/mol. The number of ether oxygens (including phenoxy) is 1. The number of carbonyl (C=O) groups is 2. The first-order valence-corrected chi connectivity index (χ1v) is 9.37. The van der Waals surface area contributed by atoms with Gasteiger partial charge in [0.25, 0.3) is 0 Å². The molecular formula is C23H22N2O5. The second-order valence-corrected chi connectivity index (χ2v) is 6.74. The molecule has 154 valence electrons. The summed E-state index contributed by atoms with van der Waals surface area (Å²) in [6.45, 7) is 2.15. The third-order valence-corrected chi connectivity index (χ3v) is 4.50. The van der Waals surface area contributed by atoms with Crippen LogP contribution in [0.2, 0.25) is 0 Å². The predicted molar refractivity (Wildman–Crippen MR) is 112 cm³/mol. The first kappa shape index (κ1) is 21.0. The molecule has 0 saturated heterocycles. The van der Waals surface area contributed by atoms with Crippen molar-refractivity contribution in [1.29, 1.82) is 0 Å². The van der Waals surface area contributed by atoms with Crippen LogP contribution in [-0.2, 0) is 16.2 Å². The molecule has 7 heteroatoms. The molecule has 0 aliphatic rings. The minimum atomic E-state index is -1.20. The standard InChI is InChI=1S/C23H22N2O5/c1-15-20(22(25-30-15)17-5-3-2-4-6-17)14-29-19-11-8-16(9-12-19)7-10-18(26)13-21(24)23(27)28/h2-12,21H,13-14,24H2,1H3,(H,27,28)/t21-/m0/s1. The zero-order chi connectivity index (χ0) is 21.5. The maximum absolute atomic E-state index is 11.7. The first-order chi connectivity index (χ1) is 14.4. The van der Waals surface area contributed by atoms with Crippen LogP contribution in [0.5, 0.6) is 5.75 Å². The molecule has 1 heterocycles. The molecule has 1 atom stereocenters. The number of aryl methyl sites for hydroxylation is 1. The van der Waals surface area contributed by atoms with Gasteiger partial charge in [0.2, 0.25) is 0 Å². The van der Waals surface area contributed by atoms with Crippen LogP contribution in [0, 0.1) is 6.92 Å². The molecule has 0 saturated carbocycles. The molecule has 0 aliphatic carbocycles. The van der Waals surface area contributed by atoms with Gasteiger partial charge in [-0.25, -0.2) is 0 Å². The number of aliphatic carboxylic acids is 1. The van der Waals surface area contributed by atoms with E-state index < -0.39 is 12.0 Å². The summed E-state index contributed by atoms with van der Waals surface area (Å²) in [6, 6.07) is 15.7. The number of hydrogen-bond donors (Lipinski definition) is 2. The maximum atomic E-state index is 11.7. The number of hydrogen-bond acceptors (Lipinski definition) is 6. The van der Waals surface area contributed by atoms with E-state index in [1.165, 1.54) is 6.08 Å². The van der Waals surface area contributed by atoms with Crippen LogP contribution in [-0.4, -0.2) is 28.1 Å². The quantitative estimate of drug-likeness (QED) is 0.522. The molecule has 0 amide bonds. The third kappa shape index (κ3) is 5.42. The van der Waals surface area contributed by atoms with E-state index in [0.717, 1.165) is 22.4 Å². The normalized spacial score (nSPS) is 12.1. The molecule has 1 aromatic heterocycles. The third-order valence-electron chi connectivity index (χ3n) is 4.50. The van der Waals surface area contributed by atoms with Gasteiger partial charge in [-0.15, -0.1) is 0 Å². The van der Waals surface area contributed by atoms with Crippen LogP contribution < -0.4 is 10.5 Å². The summed E-state index contributed by atoms with van der Waals surface area (Å²) in [5.41, 5.74) is 8.73. The van der Waals surface area contributed by atoms with Crippen LogP contribution in [0.3, 0.4) is 0 Å². The Balaban J connectivity index is 1.61. The lowest BCUT2D eigenvalue weighted by atomic mass is 10.1. The Morgan fingerprint density at radius 3 is 2.53 bits per heavy atom. The Labute approximate surface area is 173 Å². The summed E-state index contributed by atoms with van der Waals surface area (Å²) < 4.78 is 11.2. The van der Waals surface area contributed by atoms with Crippen molar-refractivity contribution < 1.29 is 24.0 Å². The van der Waals surface area contributed by atoms with Gasteiger partial charge in [-0.3, -0.25) is 9.59 Å². The molecule has 2 aromatic carbocycles. The average molecular weight is 406 g/mol. The van der Waals surface area contributed by atoms with E-state index in [1.54, 1.807) is 30.3 Å². The summed E-state index contributed by atoms with van der Waals surface area (Å²) in [7, 11) is 0. The fourth-order valence-electron chi connectivity index (χ4n) is 2.78.